The van der Waals surface area contributed by atoms with Gasteiger partial charge in [0.1, 0.15) is 6.61 Å². The monoisotopic (exact) mass is 393 g/mol. The van der Waals surface area contributed by atoms with Crippen LogP contribution in [0.1, 0.15) is 21.5 Å². The lowest BCUT2D eigenvalue weighted by Crippen LogP contribution is -2.05. The molecule has 0 atom stereocenters. The summed E-state index contributed by atoms with van der Waals surface area (Å²) in [5.74, 6) is -0.416. The lowest BCUT2D eigenvalue weighted by Gasteiger charge is -2.07. The number of benzene rings is 2. The molecule has 140 valence electrons. The topological polar surface area (TPSA) is 48.4 Å². The Balaban J connectivity index is 1.63. The minimum Gasteiger partial charge on any atom is -0.465 e. The number of carbonyl (C=O) groups excluding carboxylic acids is 1. The van der Waals surface area contributed by atoms with Crippen molar-refractivity contribution < 1.29 is 27.4 Å². The highest BCUT2D eigenvalue weighted by Crippen LogP contribution is 2.30. The Kier molecular flexibility index (Phi) is 5.46. The molecule has 27 heavy (non-hydrogen) atoms. The van der Waals surface area contributed by atoms with E-state index in [-0.39, 0.29) is 6.61 Å². The van der Waals surface area contributed by atoms with Crippen molar-refractivity contribution in [3.8, 4) is 16.5 Å². The summed E-state index contributed by atoms with van der Waals surface area (Å²) in [6, 6.07) is 11.6. The highest BCUT2D eigenvalue weighted by atomic mass is 32.1. The van der Waals surface area contributed by atoms with Crippen LogP contribution < -0.4 is 4.74 Å². The lowest BCUT2D eigenvalue weighted by molar-refractivity contribution is -0.137. The van der Waals surface area contributed by atoms with E-state index in [4.69, 9.17) is 4.74 Å². The van der Waals surface area contributed by atoms with Crippen LogP contribution in [0.25, 0.3) is 11.3 Å². The highest BCUT2D eigenvalue weighted by molar-refractivity contribution is 7.11. The number of halogens is 3. The molecule has 0 aliphatic heterocycles. The number of alkyl halides is 3. The fourth-order valence-corrected chi connectivity index (χ4v) is 2.97. The maximum Gasteiger partial charge on any atom is 0.416 e. The van der Waals surface area contributed by atoms with Crippen LogP contribution in [-0.2, 0) is 17.5 Å². The molecule has 0 aliphatic rings. The van der Waals surface area contributed by atoms with Crippen LogP contribution in [0, 0.1) is 0 Å². The SMILES string of the molecule is COC(=O)c1ccc(-c2csc(OCc3ccc(C(F)(F)F)cc3)n2)cc1. The normalized spacial score (nSPS) is 11.3. The Hall–Kier alpha value is -2.87. The van der Waals surface area contributed by atoms with Gasteiger partial charge in [0.05, 0.1) is 23.9 Å². The quantitative estimate of drug-likeness (QED) is 0.560. The fraction of sp³-hybridized carbons (Fsp3) is 0.158. The van der Waals surface area contributed by atoms with Crippen LogP contribution in [0.4, 0.5) is 13.2 Å². The van der Waals surface area contributed by atoms with Crippen LogP contribution in [0.2, 0.25) is 0 Å². The van der Waals surface area contributed by atoms with Gasteiger partial charge in [0.2, 0.25) is 0 Å². The van der Waals surface area contributed by atoms with Gasteiger partial charge in [-0.15, -0.1) is 0 Å². The van der Waals surface area contributed by atoms with Gasteiger partial charge in [-0.3, -0.25) is 0 Å². The third-order valence-corrected chi connectivity index (χ3v) is 4.48. The van der Waals surface area contributed by atoms with Crippen molar-refractivity contribution in [3.63, 3.8) is 0 Å². The average molecular weight is 393 g/mol. The summed E-state index contributed by atoms with van der Waals surface area (Å²) in [7, 11) is 1.32. The number of nitrogens with zero attached hydrogens (tertiary/aromatic N) is 1. The molecular weight excluding hydrogens is 379 g/mol. The minimum absolute atomic E-state index is 0.117. The molecule has 3 aromatic rings. The summed E-state index contributed by atoms with van der Waals surface area (Å²) in [4.78, 5) is 15.8. The lowest BCUT2D eigenvalue weighted by atomic mass is 10.1. The molecule has 0 amide bonds. The fourth-order valence-electron chi connectivity index (χ4n) is 2.29. The molecule has 3 rings (SSSR count). The van der Waals surface area contributed by atoms with Crippen molar-refractivity contribution in [2.24, 2.45) is 0 Å². The summed E-state index contributed by atoms with van der Waals surface area (Å²) in [6.45, 7) is 0.117. The number of hydrogen-bond donors (Lipinski definition) is 0. The van der Waals surface area contributed by atoms with Crippen molar-refractivity contribution in [2.75, 3.05) is 7.11 Å². The summed E-state index contributed by atoms with van der Waals surface area (Å²) >= 11 is 1.28. The molecule has 0 N–H and O–H groups in total. The second-order valence-electron chi connectivity index (χ2n) is 5.55. The molecule has 0 bridgehead atoms. The van der Waals surface area contributed by atoms with Gasteiger partial charge in [-0.2, -0.15) is 13.2 Å². The van der Waals surface area contributed by atoms with Crippen molar-refractivity contribution in [1.29, 1.82) is 0 Å². The maximum atomic E-state index is 12.6. The first-order chi connectivity index (χ1) is 12.9. The minimum atomic E-state index is -4.35. The number of methoxy groups -OCH3 is 1. The van der Waals surface area contributed by atoms with Crippen molar-refractivity contribution in [3.05, 3.63) is 70.6 Å². The van der Waals surface area contributed by atoms with Crippen LogP contribution in [0.3, 0.4) is 0 Å². The summed E-state index contributed by atoms with van der Waals surface area (Å²) in [5, 5.41) is 2.21. The standard InChI is InChI=1S/C19H14F3NO3S/c1-25-17(24)14-6-4-13(5-7-14)16-11-27-18(23-16)26-10-12-2-8-15(9-3-12)19(20,21)22/h2-9,11H,10H2,1H3. The van der Waals surface area contributed by atoms with Gasteiger partial charge >= 0.3 is 12.1 Å². The first-order valence-electron chi connectivity index (χ1n) is 7.80. The number of esters is 1. The Morgan fingerprint density at radius 1 is 1.07 bits per heavy atom. The number of rotatable bonds is 5. The molecule has 0 radical (unpaired) electrons. The van der Waals surface area contributed by atoms with E-state index < -0.39 is 17.7 Å². The zero-order chi connectivity index (χ0) is 19.4. The summed E-state index contributed by atoms with van der Waals surface area (Å²) < 4.78 is 47.9. The molecule has 0 fully saturated rings. The van der Waals surface area contributed by atoms with E-state index in [1.165, 1.54) is 30.6 Å². The van der Waals surface area contributed by atoms with E-state index in [9.17, 15) is 18.0 Å². The molecule has 1 aromatic heterocycles. The van der Waals surface area contributed by atoms with E-state index in [1.807, 2.05) is 0 Å². The van der Waals surface area contributed by atoms with Gasteiger partial charge in [-0.05, 0) is 29.8 Å². The maximum absolute atomic E-state index is 12.6. The van der Waals surface area contributed by atoms with Gasteiger partial charge in [0.25, 0.3) is 5.19 Å². The molecule has 0 saturated carbocycles. The predicted molar refractivity (Wildman–Crippen MR) is 94.7 cm³/mol. The largest absolute Gasteiger partial charge is 0.465 e. The zero-order valence-electron chi connectivity index (χ0n) is 14.1. The molecule has 0 spiro atoms. The van der Waals surface area contributed by atoms with Gasteiger partial charge < -0.3 is 9.47 Å². The number of thiazole rings is 1. The molecule has 0 saturated heterocycles. The Labute approximate surface area is 157 Å². The second-order valence-corrected chi connectivity index (χ2v) is 6.37. The molecule has 4 nitrogen and oxygen atoms in total. The van der Waals surface area contributed by atoms with Crippen LogP contribution in [0.5, 0.6) is 5.19 Å². The molecule has 0 aliphatic carbocycles. The third kappa shape index (κ3) is 4.65. The Morgan fingerprint density at radius 3 is 2.33 bits per heavy atom. The molecule has 8 heteroatoms. The van der Waals surface area contributed by atoms with Crippen LogP contribution in [-0.4, -0.2) is 18.1 Å². The number of carbonyl (C=O) groups is 1. The first-order valence-corrected chi connectivity index (χ1v) is 8.68. The predicted octanol–water partition coefficient (Wildman–Crippen LogP) is 5.19. The van der Waals surface area contributed by atoms with Gasteiger partial charge in [0.15, 0.2) is 0 Å². The number of hydrogen-bond acceptors (Lipinski definition) is 5. The van der Waals surface area contributed by atoms with Crippen LogP contribution >= 0.6 is 11.3 Å². The molecule has 1 heterocycles. The molecule has 0 unspecified atom stereocenters. The van der Waals surface area contributed by atoms with Gasteiger partial charge in [-0.1, -0.05) is 35.6 Å². The molecular formula is C19H14F3NO3S. The van der Waals surface area contributed by atoms with Gasteiger partial charge in [-0.25, -0.2) is 9.78 Å². The zero-order valence-corrected chi connectivity index (χ0v) is 14.9. The Bertz CT molecular complexity index is 919. The van der Waals surface area contributed by atoms with E-state index in [1.54, 1.807) is 29.6 Å². The average Bonchev–Trinajstić information content (AvgIpc) is 3.14. The number of aromatic nitrogens is 1. The van der Waals surface area contributed by atoms with Crippen LogP contribution in [0.15, 0.2) is 53.9 Å². The van der Waals surface area contributed by atoms with Crippen molar-refractivity contribution in [2.45, 2.75) is 12.8 Å². The van der Waals surface area contributed by atoms with E-state index in [2.05, 4.69) is 9.72 Å². The van der Waals surface area contributed by atoms with E-state index in [0.717, 1.165) is 17.7 Å². The smallest absolute Gasteiger partial charge is 0.416 e. The number of ether oxygens (including phenoxy) is 2. The summed E-state index contributed by atoms with van der Waals surface area (Å²) in [6.07, 6.45) is -4.35. The molecule has 2 aromatic carbocycles. The van der Waals surface area contributed by atoms with Crippen molar-refractivity contribution >= 4 is 17.3 Å². The Morgan fingerprint density at radius 2 is 1.74 bits per heavy atom. The second kappa shape index (κ2) is 7.79. The summed E-state index contributed by atoms with van der Waals surface area (Å²) in [5.41, 5.74) is 1.85. The van der Waals surface area contributed by atoms with Crippen molar-refractivity contribution in [1.82, 2.24) is 4.98 Å². The van der Waals surface area contributed by atoms with Gasteiger partial charge in [0, 0.05) is 10.9 Å². The third-order valence-electron chi connectivity index (χ3n) is 3.73. The first kappa shape index (κ1) is 18.9. The van der Waals surface area contributed by atoms with E-state index >= 15 is 0 Å². The highest BCUT2D eigenvalue weighted by Gasteiger charge is 2.29. The van der Waals surface area contributed by atoms with E-state index in [0.29, 0.717) is 22.0 Å².